The fraction of sp³-hybridized carbons (Fsp3) is 0.318. The van der Waals surface area contributed by atoms with Crippen LogP contribution in [0.1, 0.15) is 47.6 Å². The molecule has 0 spiro atoms. The number of halogens is 2. The number of carboxylic acid groups (broad SMARTS) is 1. The Morgan fingerprint density at radius 1 is 1.33 bits per heavy atom. The summed E-state index contributed by atoms with van der Waals surface area (Å²) in [6, 6.07) is 6.79. The number of aryl methyl sites for hydroxylation is 1. The van der Waals surface area contributed by atoms with E-state index in [4.69, 9.17) is 39.5 Å². The van der Waals surface area contributed by atoms with E-state index in [2.05, 4.69) is 20.8 Å². The molecule has 4 rings (SSSR count). The van der Waals surface area contributed by atoms with Crippen LogP contribution < -0.4 is 16.5 Å². The van der Waals surface area contributed by atoms with Crippen molar-refractivity contribution in [2.24, 2.45) is 10.8 Å². The molecule has 9 nitrogen and oxygen atoms in total. The molecule has 1 saturated heterocycles. The van der Waals surface area contributed by atoms with Gasteiger partial charge in [-0.3, -0.25) is 15.2 Å². The van der Waals surface area contributed by atoms with Gasteiger partial charge in [0, 0.05) is 28.2 Å². The van der Waals surface area contributed by atoms with Gasteiger partial charge < -0.3 is 16.2 Å². The monoisotopic (exact) mass is 490 g/mol. The standard InChI is InChI=1S/C17H17Cl2N5.C5H7NO3/c1-9-4-5-22-14-6-10(12-8-11(18)2-3-13(12)19)7-15(16(9)14)23-24-17(20)21;7-4-2-1-3(6-4)5(8)9/h2-5,8,10H,6-7H2,1H3,(H4,20,21,24);3H,1-2H2,(H,6,7)(H,8,9)/t;3-/m.0/s1. The van der Waals surface area contributed by atoms with E-state index in [0.29, 0.717) is 29.3 Å². The Bertz CT molecular complexity index is 1120. The highest BCUT2D eigenvalue weighted by molar-refractivity contribution is 6.33. The maximum absolute atomic E-state index is 10.4. The van der Waals surface area contributed by atoms with Crippen molar-refractivity contribution in [3.63, 3.8) is 0 Å². The molecule has 1 amide bonds. The third-order valence-electron chi connectivity index (χ3n) is 5.41. The highest BCUT2D eigenvalue weighted by Crippen LogP contribution is 2.37. The molecule has 11 heteroatoms. The topological polar surface area (TPSA) is 154 Å². The second-order valence-corrected chi connectivity index (χ2v) is 8.65. The molecule has 2 aromatic rings. The van der Waals surface area contributed by atoms with Crippen molar-refractivity contribution in [2.75, 3.05) is 0 Å². The predicted molar refractivity (Wildman–Crippen MR) is 127 cm³/mol. The summed E-state index contributed by atoms with van der Waals surface area (Å²) in [7, 11) is 0. The Labute approximate surface area is 200 Å². The van der Waals surface area contributed by atoms with E-state index in [1.54, 1.807) is 12.3 Å². The lowest BCUT2D eigenvalue weighted by Gasteiger charge is -2.27. The smallest absolute Gasteiger partial charge is 0.326 e. The summed E-state index contributed by atoms with van der Waals surface area (Å²) >= 11 is 12.5. The molecule has 0 radical (unpaired) electrons. The number of hydrogen-bond acceptors (Lipinski definition) is 5. The third-order valence-corrected chi connectivity index (χ3v) is 5.99. The van der Waals surface area contributed by atoms with Crippen molar-refractivity contribution < 1.29 is 14.7 Å². The first kappa shape index (κ1) is 24.5. The molecule has 174 valence electrons. The van der Waals surface area contributed by atoms with Crippen LogP contribution in [-0.4, -0.2) is 39.7 Å². The number of amides is 1. The summed E-state index contributed by atoms with van der Waals surface area (Å²) in [6.07, 6.45) is 3.99. The van der Waals surface area contributed by atoms with Gasteiger partial charge in [-0.2, -0.15) is 5.10 Å². The zero-order chi connectivity index (χ0) is 24.1. The molecule has 2 atom stereocenters. The quantitative estimate of drug-likeness (QED) is 0.253. The lowest BCUT2D eigenvalue weighted by atomic mass is 9.80. The molecule has 33 heavy (non-hydrogen) atoms. The first-order chi connectivity index (χ1) is 15.7. The van der Waals surface area contributed by atoms with Gasteiger partial charge in [0.2, 0.25) is 11.9 Å². The zero-order valence-electron chi connectivity index (χ0n) is 17.9. The summed E-state index contributed by atoms with van der Waals surface area (Å²) in [5.41, 5.74) is 12.8. The maximum Gasteiger partial charge on any atom is 0.326 e. The van der Waals surface area contributed by atoms with E-state index in [1.165, 1.54) is 0 Å². The Hall–Kier alpha value is -3.17. The van der Waals surface area contributed by atoms with Crippen LogP contribution >= 0.6 is 23.2 Å². The SMILES string of the molecule is Cc1ccnc2c1C(=NNC(=N)N)CC(c1cc(Cl)ccc1Cl)C2.O=C1CC[C@@H](C(=O)O)N1. The van der Waals surface area contributed by atoms with Crippen LogP contribution in [-0.2, 0) is 16.0 Å². The van der Waals surface area contributed by atoms with Crippen LogP contribution in [0.15, 0.2) is 35.6 Å². The van der Waals surface area contributed by atoms with Crippen LogP contribution in [0, 0.1) is 12.3 Å². The van der Waals surface area contributed by atoms with Crippen molar-refractivity contribution in [3.8, 4) is 0 Å². The number of carboxylic acids is 1. The van der Waals surface area contributed by atoms with E-state index in [1.807, 2.05) is 25.1 Å². The number of aliphatic carboxylic acids is 1. The van der Waals surface area contributed by atoms with Gasteiger partial charge in [0.15, 0.2) is 0 Å². The number of rotatable bonds is 3. The fourth-order valence-electron chi connectivity index (χ4n) is 3.88. The van der Waals surface area contributed by atoms with E-state index < -0.39 is 12.0 Å². The maximum atomic E-state index is 10.4. The Balaban J connectivity index is 0.000000286. The number of nitrogens with two attached hydrogens (primary N) is 1. The predicted octanol–water partition coefficient (Wildman–Crippen LogP) is 2.96. The van der Waals surface area contributed by atoms with Crippen LogP contribution in [0.4, 0.5) is 0 Å². The number of carbonyl (C=O) groups is 2. The highest BCUT2D eigenvalue weighted by atomic mass is 35.5. The van der Waals surface area contributed by atoms with Gasteiger partial charge in [0.05, 0.1) is 11.4 Å². The molecule has 1 aromatic carbocycles. The number of nitrogens with one attached hydrogen (secondary N) is 3. The summed E-state index contributed by atoms with van der Waals surface area (Å²) in [6.45, 7) is 2.02. The van der Waals surface area contributed by atoms with Crippen LogP contribution in [0.5, 0.6) is 0 Å². The van der Waals surface area contributed by atoms with Crippen molar-refractivity contribution in [3.05, 3.63) is 62.9 Å². The Morgan fingerprint density at radius 2 is 2.09 bits per heavy atom. The molecule has 2 heterocycles. The number of carbonyl (C=O) groups excluding carboxylic acids is 1. The van der Waals surface area contributed by atoms with Crippen molar-refractivity contribution >= 4 is 46.7 Å². The number of benzene rings is 1. The lowest BCUT2D eigenvalue weighted by molar-refractivity contribution is -0.140. The van der Waals surface area contributed by atoms with E-state index in [9.17, 15) is 9.59 Å². The molecule has 1 aliphatic heterocycles. The average Bonchev–Trinajstić information content (AvgIpc) is 3.21. The van der Waals surface area contributed by atoms with Crippen molar-refractivity contribution in [1.82, 2.24) is 15.7 Å². The van der Waals surface area contributed by atoms with E-state index >= 15 is 0 Å². The minimum Gasteiger partial charge on any atom is -0.480 e. The first-order valence-corrected chi connectivity index (χ1v) is 11.0. The number of hydrazone groups is 1. The molecule has 1 aliphatic carbocycles. The minimum absolute atomic E-state index is 0.116. The number of hydrogen-bond donors (Lipinski definition) is 5. The fourth-order valence-corrected chi connectivity index (χ4v) is 4.33. The van der Waals surface area contributed by atoms with Gasteiger partial charge in [-0.1, -0.05) is 23.2 Å². The molecule has 1 unspecified atom stereocenters. The third kappa shape index (κ3) is 6.21. The van der Waals surface area contributed by atoms with Crippen LogP contribution in [0.3, 0.4) is 0 Å². The zero-order valence-corrected chi connectivity index (χ0v) is 19.4. The molecule has 0 bridgehead atoms. The van der Waals surface area contributed by atoms with E-state index in [-0.39, 0.29) is 17.8 Å². The number of fused-ring (bicyclic) bond motifs is 1. The minimum atomic E-state index is -0.944. The van der Waals surface area contributed by atoms with Gasteiger partial charge in [0.25, 0.3) is 0 Å². The van der Waals surface area contributed by atoms with Gasteiger partial charge in [-0.15, -0.1) is 0 Å². The van der Waals surface area contributed by atoms with Crippen molar-refractivity contribution in [1.29, 1.82) is 5.41 Å². The second kappa shape index (κ2) is 10.6. The van der Waals surface area contributed by atoms with Gasteiger partial charge in [0.1, 0.15) is 6.04 Å². The van der Waals surface area contributed by atoms with Gasteiger partial charge in [-0.25, -0.2) is 10.2 Å². The van der Waals surface area contributed by atoms with Gasteiger partial charge in [-0.05, 0) is 67.5 Å². The summed E-state index contributed by atoms with van der Waals surface area (Å²) in [5.74, 6) is -1.19. The van der Waals surface area contributed by atoms with Crippen LogP contribution in [0.25, 0.3) is 0 Å². The number of pyridine rings is 1. The van der Waals surface area contributed by atoms with Crippen LogP contribution in [0.2, 0.25) is 10.0 Å². The largest absolute Gasteiger partial charge is 0.480 e. The Kier molecular flexibility index (Phi) is 7.88. The summed E-state index contributed by atoms with van der Waals surface area (Å²) in [4.78, 5) is 25.0. The highest BCUT2D eigenvalue weighted by Gasteiger charge is 2.29. The molecular weight excluding hydrogens is 467 g/mol. The van der Waals surface area contributed by atoms with Crippen molar-refractivity contribution in [2.45, 2.75) is 44.6 Å². The lowest BCUT2D eigenvalue weighted by Crippen LogP contribution is -2.32. The molecule has 0 saturated carbocycles. The number of nitrogens with zero attached hydrogens (tertiary/aromatic N) is 2. The number of guanidine groups is 1. The summed E-state index contributed by atoms with van der Waals surface area (Å²) in [5, 5.41) is 23.6. The Morgan fingerprint density at radius 3 is 2.70 bits per heavy atom. The molecule has 6 N–H and O–H groups in total. The van der Waals surface area contributed by atoms with Gasteiger partial charge >= 0.3 is 5.97 Å². The average molecular weight is 491 g/mol. The molecular formula is C22H24Cl2N6O3. The molecule has 1 fully saturated rings. The summed E-state index contributed by atoms with van der Waals surface area (Å²) < 4.78 is 0. The second-order valence-electron chi connectivity index (χ2n) is 7.80. The first-order valence-electron chi connectivity index (χ1n) is 10.2. The van der Waals surface area contributed by atoms with E-state index in [0.717, 1.165) is 34.5 Å². The number of aromatic nitrogens is 1. The normalized spacial score (nSPS) is 20.3. The molecule has 1 aromatic heterocycles. The molecule has 2 aliphatic rings.